The van der Waals surface area contributed by atoms with Gasteiger partial charge in [0.05, 0.1) is 29.9 Å². The number of aromatic nitrogens is 6. The smallest absolute Gasteiger partial charge is 0.160 e. The van der Waals surface area contributed by atoms with Gasteiger partial charge in [-0.1, -0.05) is 17.7 Å². The average Bonchev–Trinajstić information content (AvgIpc) is 3.17. The van der Waals surface area contributed by atoms with E-state index in [9.17, 15) is 0 Å². The maximum atomic E-state index is 6.27. The Balaban J connectivity index is 0.00000180. The number of fused-ring (bicyclic) bond motifs is 5. The summed E-state index contributed by atoms with van der Waals surface area (Å²) < 4.78 is 4.03. The molecule has 0 unspecified atom stereocenters. The zero-order valence-electron chi connectivity index (χ0n) is 14.5. The standard InChI is InChI=1S/C19H15ClN6.ClH/c1-12-17-10-26-19(23-18(24-26)7-13-3-2-6-21-9-13)15-8-14(20)4-5-16(15)25(17)11-22-12;/h2-6,8-9,11H,7,10H2,1H3;1H. The van der Waals surface area contributed by atoms with Gasteiger partial charge in [0, 0.05) is 29.4 Å². The highest BCUT2D eigenvalue weighted by atomic mass is 35.5. The molecule has 0 atom stereocenters. The van der Waals surface area contributed by atoms with Crippen molar-refractivity contribution in [2.45, 2.75) is 19.9 Å². The molecular weight excluding hydrogens is 383 g/mol. The fourth-order valence-electron chi connectivity index (χ4n) is 3.36. The van der Waals surface area contributed by atoms with Crippen molar-refractivity contribution in [2.75, 3.05) is 0 Å². The van der Waals surface area contributed by atoms with Gasteiger partial charge in [-0.3, -0.25) is 4.98 Å². The van der Waals surface area contributed by atoms with Crippen molar-refractivity contribution >= 4 is 24.0 Å². The van der Waals surface area contributed by atoms with Crippen LogP contribution in [0.2, 0.25) is 5.02 Å². The third-order valence-electron chi connectivity index (χ3n) is 4.63. The minimum absolute atomic E-state index is 0. The van der Waals surface area contributed by atoms with Crippen LogP contribution in [0.4, 0.5) is 0 Å². The molecule has 0 saturated carbocycles. The molecule has 3 aromatic heterocycles. The van der Waals surface area contributed by atoms with E-state index < -0.39 is 0 Å². The van der Waals surface area contributed by atoms with Gasteiger partial charge in [0.25, 0.3) is 0 Å². The van der Waals surface area contributed by atoms with Gasteiger partial charge >= 0.3 is 0 Å². The molecular formula is C19H16Cl2N6. The van der Waals surface area contributed by atoms with Gasteiger partial charge in [-0.25, -0.2) is 14.6 Å². The summed E-state index contributed by atoms with van der Waals surface area (Å²) in [7, 11) is 0. The Labute approximate surface area is 167 Å². The molecule has 4 heterocycles. The highest BCUT2D eigenvalue weighted by Crippen LogP contribution is 2.33. The Kier molecular flexibility index (Phi) is 4.45. The minimum atomic E-state index is 0. The lowest BCUT2D eigenvalue weighted by Gasteiger charge is -2.08. The largest absolute Gasteiger partial charge is 0.300 e. The highest BCUT2D eigenvalue weighted by molar-refractivity contribution is 6.31. The van der Waals surface area contributed by atoms with Crippen LogP contribution >= 0.6 is 24.0 Å². The lowest BCUT2D eigenvalue weighted by atomic mass is 10.1. The number of hydrogen-bond donors (Lipinski definition) is 0. The van der Waals surface area contributed by atoms with E-state index in [0.717, 1.165) is 39.9 Å². The van der Waals surface area contributed by atoms with E-state index in [1.54, 1.807) is 6.20 Å². The van der Waals surface area contributed by atoms with Crippen molar-refractivity contribution in [1.82, 2.24) is 29.3 Å². The molecule has 27 heavy (non-hydrogen) atoms. The van der Waals surface area contributed by atoms with E-state index in [2.05, 4.69) is 14.5 Å². The number of hydrogen-bond acceptors (Lipinski definition) is 4. The van der Waals surface area contributed by atoms with Crippen LogP contribution in [-0.2, 0) is 13.0 Å². The van der Waals surface area contributed by atoms with E-state index >= 15 is 0 Å². The molecule has 0 amide bonds. The quantitative estimate of drug-likeness (QED) is 0.452. The summed E-state index contributed by atoms with van der Waals surface area (Å²) >= 11 is 6.27. The SMILES string of the molecule is Cc1ncn2c1Cn1nc(Cc3cccnc3)nc1-c1cc(Cl)ccc1-2.Cl. The molecule has 1 aromatic carbocycles. The van der Waals surface area contributed by atoms with E-state index in [1.165, 1.54) is 0 Å². The third kappa shape index (κ3) is 3.01. The van der Waals surface area contributed by atoms with Crippen molar-refractivity contribution < 1.29 is 0 Å². The fourth-order valence-corrected chi connectivity index (χ4v) is 3.53. The van der Waals surface area contributed by atoms with Gasteiger partial charge in [0.2, 0.25) is 0 Å². The van der Waals surface area contributed by atoms with E-state index in [4.69, 9.17) is 21.7 Å². The van der Waals surface area contributed by atoms with Gasteiger partial charge in [-0.2, -0.15) is 5.10 Å². The Bertz CT molecular complexity index is 1120. The molecule has 0 saturated heterocycles. The number of halogens is 2. The van der Waals surface area contributed by atoms with E-state index in [-0.39, 0.29) is 12.4 Å². The molecule has 0 bridgehead atoms. The minimum Gasteiger partial charge on any atom is -0.300 e. The summed E-state index contributed by atoms with van der Waals surface area (Å²) in [4.78, 5) is 13.4. The maximum Gasteiger partial charge on any atom is 0.160 e. The lowest BCUT2D eigenvalue weighted by molar-refractivity contribution is 0.664. The zero-order chi connectivity index (χ0) is 17.7. The first-order chi connectivity index (χ1) is 12.7. The van der Waals surface area contributed by atoms with Crippen molar-refractivity contribution in [3.05, 3.63) is 76.9 Å². The van der Waals surface area contributed by atoms with E-state index in [1.807, 2.05) is 54.5 Å². The molecule has 4 aromatic rings. The summed E-state index contributed by atoms with van der Waals surface area (Å²) in [5, 5.41) is 5.42. The second kappa shape index (κ2) is 6.79. The molecule has 1 aliphatic heterocycles. The first-order valence-corrected chi connectivity index (χ1v) is 8.72. The summed E-state index contributed by atoms with van der Waals surface area (Å²) in [6.45, 7) is 2.63. The first-order valence-electron chi connectivity index (χ1n) is 8.35. The lowest BCUT2D eigenvalue weighted by Crippen LogP contribution is -2.06. The van der Waals surface area contributed by atoms with Crippen LogP contribution < -0.4 is 0 Å². The molecule has 5 rings (SSSR count). The third-order valence-corrected chi connectivity index (χ3v) is 4.87. The highest BCUT2D eigenvalue weighted by Gasteiger charge is 2.24. The summed E-state index contributed by atoms with van der Waals surface area (Å²) in [6, 6.07) is 9.79. The molecule has 0 fully saturated rings. The Morgan fingerprint density at radius 1 is 1.22 bits per heavy atom. The average molecular weight is 399 g/mol. The van der Waals surface area contributed by atoms with Crippen molar-refractivity contribution in [2.24, 2.45) is 0 Å². The predicted molar refractivity (Wildman–Crippen MR) is 106 cm³/mol. The fraction of sp³-hybridized carbons (Fsp3) is 0.158. The number of imidazole rings is 1. The second-order valence-corrected chi connectivity index (χ2v) is 6.79. The summed E-state index contributed by atoms with van der Waals surface area (Å²) in [5.74, 6) is 1.59. The number of nitrogens with zero attached hydrogens (tertiary/aromatic N) is 6. The predicted octanol–water partition coefficient (Wildman–Crippen LogP) is 3.86. The zero-order valence-corrected chi connectivity index (χ0v) is 16.1. The number of pyridine rings is 1. The van der Waals surface area contributed by atoms with Crippen molar-refractivity contribution in [3.63, 3.8) is 0 Å². The number of aryl methyl sites for hydroxylation is 1. The van der Waals surface area contributed by atoms with Crippen LogP contribution in [0.5, 0.6) is 0 Å². The van der Waals surface area contributed by atoms with Gasteiger partial charge in [0.15, 0.2) is 11.6 Å². The van der Waals surface area contributed by atoms with Gasteiger partial charge in [-0.15, -0.1) is 12.4 Å². The maximum absolute atomic E-state index is 6.27. The normalized spacial score (nSPS) is 11.8. The molecule has 0 aliphatic carbocycles. The molecule has 0 radical (unpaired) electrons. The van der Waals surface area contributed by atoms with Crippen molar-refractivity contribution in [3.8, 4) is 17.1 Å². The first kappa shape index (κ1) is 17.7. The Hall–Kier alpha value is -2.70. The van der Waals surface area contributed by atoms with Crippen molar-refractivity contribution in [1.29, 1.82) is 0 Å². The molecule has 8 heteroatoms. The molecule has 6 nitrogen and oxygen atoms in total. The van der Waals surface area contributed by atoms with Gasteiger partial charge in [-0.05, 0) is 36.8 Å². The van der Waals surface area contributed by atoms with Crippen LogP contribution in [-0.4, -0.2) is 29.3 Å². The molecule has 0 N–H and O–H groups in total. The molecule has 0 spiro atoms. The molecule has 1 aliphatic rings. The van der Waals surface area contributed by atoms with Gasteiger partial charge in [0.1, 0.15) is 0 Å². The topological polar surface area (TPSA) is 61.4 Å². The van der Waals surface area contributed by atoms with Crippen LogP contribution in [0.3, 0.4) is 0 Å². The summed E-state index contributed by atoms with van der Waals surface area (Å²) in [5.41, 5.74) is 5.15. The van der Waals surface area contributed by atoms with Crippen LogP contribution in [0.1, 0.15) is 22.8 Å². The van der Waals surface area contributed by atoms with Crippen LogP contribution in [0.15, 0.2) is 49.1 Å². The Morgan fingerprint density at radius 2 is 2.11 bits per heavy atom. The van der Waals surface area contributed by atoms with Crippen LogP contribution in [0, 0.1) is 6.92 Å². The number of benzene rings is 1. The molecule has 136 valence electrons. The monoisotopic (exact) mass is 398 g/mol. The summed E-state index contributed by atoms with van der Waals surface area (Å²) in [6.07, 6.45) is 6.10. The Morgan fingerprint density at radius 3 is 2.93 bits per heavy atom. The second-order valence-electron chi connectivity index (χ2n) is 6.36. The van der Waals surface area contributed by atoms with E-state index in [0.29, 0.717) is 18.0 Å². The van der Waals surface area contributed by atoms with Crippen LogP contribution in [0.25, 0.3) is 17.1 Å². The number of rotatable bonds is 2. The van der Waals surface area contributed by atoms with Gasteiger partial charge < -0.3 is 4.57 Å².